The van der Waals surface area contributed by atoms with Crippen molar-refractivity contribution in [2.45, 2.75) is 0 Å². The van der Waals surface area contributed by atoms with Gasteiger partial charge in [-0.05, 0) is 40.2 Å². The molecule has 0 atom stereocenters. The van der Waals surface area contributed by atoms with E-state index in [2.05, 4.69) is 31.2 Å². The van der Waals surface area contributed by atoms with E-state index in [0.29, 0.717) is 15.9 Å². The normalized spacial score (nSPS) is 9.81. The molecular weight excluding hydrogens is 270 g/mol. The topological polar surface area (TPSA) is 54.9 Å². The number of hydrogen-bond donors (Lipinski definition) is 1. The Morgan fingerprint density at radius 3 is 2.75 bits per heavy atom. The van der Waals surface area contributed by atoms with Crippen molar-refractivity contribution in [3.63, 3.8) is 0 Å². The molecule has 0 aromatic carbocycles. The molecule has 0 bridgehead atoms. The van der Waals surface area contributed by atoms with Crippen LogP contribution >= 0.6 is 15.9 Å². The smallest absolute Gasteiger partial charge is 0.257 e. The summed E-state index contributed by atoms with van der Waals surface area (Å²) in [4.78, 5) is 19.7. The van der Waals surface area contributed by atoms with Crippen LogP contribution in [-0.4, -0.2) is 15.9 Å². The third-order valence-corrected chi connectivity index (χ3v) is 2.56. The average molecular weight is 278 g/mol. The third-order valence-electron chi connectivity index (χ3n) is 1.93. The molecule has 0 radical (unpaired) electrons. The van der Waals surface area contributed by atoms with Crippen LogP contribution < -0.4 is 5.32 Å². The summed E-state index contributed by atoms with van der Waals surface area (Å²) in [7, 11) is 0. The number of halogens is 1. The van der Waals surface area contributed by atoms with Crippen molar-refractivity contribution in [3.05, 3.63) is 53.0 Å². The van der Waals surface area contributed by atoms with Crippen molar-refractivity contribution in [1.82, 2.24) is 9.97 Å². The molecule has 2 heterocycles. The molecule has 0 saturated carbocycles. The summed E-state index contributed by atoms with van der Waals surface area (Å²) in [6, 6.07) is 6.94. The van der Waals surface area contributed by atoms with Gasteiger partial charge in [0.15, 0.2) is 0 Å². The molecule has 4 nitrogen and oxygen atoms in total. The summed E-state index contributed by atoms with van der Waals surface area (Å²) in [5.74, 6) is -0.207. The molecule has 0 aliphatic carbocycles. The fourth-order valence-electron chi connectivity index (χ4n) is 1.17. The molecule has 1 amide bonds. The lowest BCUT2D eigenvalue weighted by Gasteiger charge is -2.05. The Morgan fingerprint density at radius 1 is 1.25 bits per heavy atom. The first-order chi connectivity index (χ1) is 7.77. The lowest BCUT2D eigenvalue weighted by molar-refractivity contribution is 0.102. The van der Waals surface area contributed by atoms with E-state index < -0.39 is 0 Å². The molecule has 2 aromatic rings. The highest BCUT2D eigenvalue weighted by molar-refractivity contribution is 9.10. The predicted octanol–water partition coefficient (Wildman–Crippen LogP) is 2.49. The number of nitrogens with one attached hydrogen (secondary N) is 1. The lowest BCUT2D eigenvalue weighted by atomic mass is 10.2. The summed E-state index contributed by atoms with van der Waals surface area (Å²) < 4.78 is 0.604. The van der Waals surface area contributed by atoms with Gasteiger partial charge < -0.3 is 5.32 Å². The van der Waals surface area contributed by atoms with Gasteiger partial charge in [-0.25, -0.2) is 4.98 Å². The van der Waals surface area contributed by atoms with Crippen LogP contribution in [-0.2, 0) is 0 Å². The van der Waals surface area contributed by atoms with Crippen LogP contribution in [0.1, 0.15) is 10.4 Å². The van der Waals surface area contributed by atoms with Crippen LogP contribution in [0.15, 0.2) is 47.5 Å². The molecule has 0 fully saturated rings. The minimum Gasteiger partial charge on any atom is -0.320 e. The summed E-state index contributed by atoms with van der Waals surface area (Å²) in [5, 5.41) is 2.74. The minimum absolute atomic E-state index is 0.207. The van der Waals surface area contributed by atoms with E-state index in [0.717, 1.165) is 0 Å². The predicted molar refractivity (Wildman–Crippen MR) is 64.1 cm³/mol. The maximum Gasteiger partial charge on any atom is 0.257 e. The molecule has 2 rings (SSSR count). The van der Waals surface area contributed by atoms with Crippen molar-refractivity contribution in [1.29, 1.82) is 0 Å². The second-order valence-electron chi connectivity index (χ2n) is 3.04. The highest BCUT2D eigenvalue weighted by Gasteiger charge is 2.07. The van der Waals surface area contributed by atoms with Crippen LogP contribution in [0.3, 0.4) is 0 Å². The Hall–Kier alpha value is -1.75. The Balaban J connectivity index is 2.18. The fourth-order valence-corrected chi connectivity index (χ4v) is 1.52. The van der Waals surface area contributed by atoms with Crippen LogP contribution in [0, 0.1) is 0 Å². The van der Waals surface area contributed by atoms with Crippen LogP contribution in [0.5, 0.6) is 0 Å². The molecular formula is C11H8BrN3O. The Bertz CT molecular complexity index is 502. The SMILES string of the molecule is O=C(Nc1cccnc1Br)c1cccnc1. The van der Waals surface area contributed by atoms with Crippen molar-refractivity contribution in [3.8, 4) is 0 Å². The molecule has 1 N–H and O–H groups in total. The first kappa shape index (κ1) is 10.8. The van der Waals surface area contributed by atoms with Gasteiger partial charge in [-0.3, -0.25) is 9.78 Å². The van der Waals surface area contributed by atoms with Crippen LogP contribution in [0.2, 0.25) is 0 Å². The molecule has 0 aliphatic rings. The monoisotopic (exact) mass is 277 g/mol. The number of hydrogen-bond acceptors (Lipinski definition) is 3. The Labute approximate surface area is 101 Å². The van der Waals surface area contributed by atoms with Crippen molar-refractivity contribution in [2.75, 3.05) is 5.32 Å². The van der Waals surface area contributed by atoms with Crippen molar-refractivity contribution >= 4 is 27.5 Å². The summed E-state index contributed by atoms with van der Waals surface area (Å²) in [5.41, 5.74) is 1.15. The van der Waals surface area contributed by atoms with Gasteiger partial charge in [-0.15, -0.1) is 0 Å². The molecule has 0 unspecified atom stereocenters. The summed E-state index contributed by atoms with van der Waals surface area (Å²) in [6.07, 6.45) is 4.78. The molecule has 0 aliphatic heterocycles. The minimum atomic E-state index is -0.207. The average Bonchev–Trinajstić information content (AvgIpc) is 2.33. The van der Waals surface area contributed by atoms with E-state index in [-0.39, 0.29) is 5.91 Å². The van der Waals surface area contributed by atoms with E-state index in [1.807, 2.05) is 0 Å². The maximum absolute atomic E-state index is 11.8. The first-order valence-electron chi connectivity index (χ1n) is 4.59. The van der Waals surface area contributed by atoms with Crippen molar-refractivity contribution < 1.29 is 4.79 Å². The number of amides is 1. The molecule has 2 aromatic heterocycles. The van der Waals surface area contributed by atoms with E-state index in [1.165, 1.54) is 6.20 Å². The number of nitrogens with zero attached hydrogens (tertiary/aromatic N) is 2. The van der Waals surface area contributed by atoms with Gasteiger partial charge in [0.1, 0.15) is 4.60 Å². The third kappa shape index (κ3) is 2.43. The molecule has 0 saturated heterocycles. The summed E-state index contributed by atoms with van der Waals surface area (Å²) >= 11 is 3.26. The molecule has 5 heteroatoms. The number of rotatable bonds is 2. The molecule has 16 heavy (non-hydrogen) atoms. The highest BCUT2D eigenvalue weighted by Crippen LogP contribution is 2.18. The van der Waals surface area contributed by atoms with Gasteiger partial charge in [0.2, 0.25) is 0 Å². The van der Waals surface area contributed by atoms with Gasteiger partial charge in [-0.1, -0.05) is 0 Å². The lowest BCUT2D eigenvalue weighted by Crippen LogP contribution is -2.12. The van der Waals surface area contributed by atoms with E-state index in [9.17, 15) is 4.79 Å². The first-order valence-corrected chi connectivity index (χ1v) is 5.38. The Morgan fingerprint density at radius 2 is 2.06 bits per heavy atom. The number of carbonyl (C=O) groups excluding carboxylic acids is 1. The highest BCUT2D eigenvalue weighted by atomic mass is 79.9. The van der Waals surface area contributed by atoms with Gasteiger partial charge in [0, 0.05) is 18.6 Å². The number of pyridine rings is 2. The van der Waals surface area contributed by atoms with E-state index in [4.69, 9.17) is 0 Å². The zero-order valence-corrected chi connectivity index (χ0v) is 9.81. The summed E-state index contributed by atoms with van der Waals surface area (Å²) in [6.45, 7) is 0. The second kappa shape index (κ2) is 4.85. The number of aromatic nitrogens is 2. The quantitative estimate of drug-likeness (QED) is 0.859. The molecule has 80 valence electrons. The van der Waals surface area contributed by atoms with E-state index in [1.54, 1.807) is 36.7 Å². The van der Waals surface area contributed by atoms with Gasteiger partial charge in [0.05, 0.1) is 11.3 Å². The number of anilines is 1. The van der Waals surface area contributed by atoms with Gasteiger partial charge in [-0.2, -0.15) is 0 Å². The largest absolute Gasteiger partial charge is 0.320 e. The number of carbonyl (C=O) groups is 1. The van der Waals surface area contributed by atoms with E-state index >= 15 is 0 Å². The Kier molecular flexibility index (Phi) is 3.26. The van der Waals surface area contributed by atoms with Gasteiger partial charge >= 0.3 is 0 Å². The van der Waals surface area contributed by atoms with Crippen LogP contribution in [0.4, 0.5) is 5.69 Å². The van der Waals surface area contributed by atoms with Crippen LogP contribution in [0.25, 0.3) is 0 Å². The zero-order valence-electron chi connectivity index (χ0n) is 8.22. The van der Waals surface area contributed by atoms with Gasteiger partial charge in [0.25, 0.3) is 5.91 Å². The zero-order chi connectivity index (χ0) is 11.4. The maximum atomic E-state index is 11.8. The van der Waals surface area contributed by atoms with Crippen molar-refractivity contribution in [2.24, 2.45) is 0 Å². The molecule has 0 spiro atoms. The fraction of sp³-hybridized carbons (Fsp3) is 0. The second-order valence-corrected chi connectivity index (χ2v) is 3.79. The standard InChI is InChI=1S/C11H8BrN3O/c12-10-9(4-2-6-14-10)15-11(16)8-3-1-5-13-7-8/h1-7H,(H,15,16).